The molecular weight excluding hydrogens is 447 g/mol. The summed E-state index contributed by atoms with van der Waals surface area (Å²) >= 11 is 11.5. The van der Waals surface area contributed by atoms with Crippen LogP contribution in [0.15, 0.2) is 35.5 Å². The number of hydrogen-bond donors (Lipinski definition) is 1. The summed E-state index contributed by atoms with van der Waals surface area (Å²) in [5, 5.41) is 5.88. The van der Waals surface area contributed by atoms with Crippen molar-refractivity contribution in [1.29, 1.82) is 0 Å². The predicted octanol–water partition coefficient (Wildman–Crippen LogP) is 5.04. The molecule has 0 aromatic heterocycles. The number of hydrogen-bond acceptors (Lipinski definition) is 4. The Morgan fingerprint density at radius 3 is 2.37 bits per heavy atom. The summed E-state index contributed by atoms with van der Waals surface area (Å²) in [6.07, 6.45) is -5.44. The van der Waals surface area contributed by atoms with Crippen molar-refractivity contribution in [3.05, 3.63) is 68.4 Å². The van der Waals surface area contributed by atoms with E-state index in [-0.39, 0.29) is 5.71 Å². The van der Waals surface area contributed by atoms with Crippen LogP contribution in [0.1, 0.15) is 28.7 Å². The lowest BCUT2D eigenvalue weighted by Gasteiger charge is -2.39. The molecule has 1 atom stereocenters. The highest BCUT2D eigenvalue weighted by Crippen LogP contribution is 2.50. The van der Waals surface area contributed by atoms with Crippen LogP contribution in [0.3, 0.4) is 0 Å². The maximum atomic E-state index is 14.2. The molecule has 0 amide bonds. The number of ether oxygens (including phenoxy) is 1. The summed E-state index contributed by atoms with van der Waals surface area (Å²) in [5.74, 6) is -0.989. The first-order valence-corrected chi connectivity index (χ1v) is 9.86. The second-order valence-corrected chi connectivity index (χ2v) is 8.46. The smallest absolute Gasteiger partial charge is 0.374 e. The van der Waals surface area contributed by atoms with Gasteiger partial charge in [0.15, 0.2) is 5.82 Å². The summed E-state index contributed by atoms with van der Waals surface area (Å²) in [7, 11) is 0. The monoisotopic (exact) mass is 460 g/mol. The Morgan fingerprint density at radius 1 is 1.07 bits per heavy atom. The lowest BCUT2D eigenvalue weighted by molar-refractivity contribution is -0.275. The molecule has 1 N–H and O–H groups in total. The van der Waals surface area contributed by atoms with Gasteiger partial charge < -0.3 is 14.9 Å². The fourth-order valence-electron chi connectivity index (χ4n) is 4.09. The van der Waals surface area contributed by atoms with Gasteiger partial charge in [-0.05, 0) is 34.9 Å². The van der Waals surface area contributed by atoms with Crippen LogP contribution in [0.4, 0.5) is 17.6 Å². The third-order valence-electron chi connectivity index (χ3n) is 5.90. The summed E-state index contributed by atoms with van der Waals surface area (Å²) in [5.41, 5.74) is -1.08. The van der Waals surface area contributed by atoms with E-state index in [0.29, 0.717) is 25.3 Å². The van der Waals surface area contributed by atoms with Gasteiger partial charge in [0.2, 0.25) is 0 Å². The number of halogens is 6. The first-order valence-electron chi connectivity index (χ1n) is 9.10. The Bertz CT molecular complexity index is 1060. The number of nitrogens with one attached hydrogen (secondary N) is 1. The number of fused-ring (bicyclic) bond motifs is 2. The minimum atomic E-state index is -4.85. The second-order valence-electron chi connectivity index (χ2n) is 7.64. The maximum Gasteiger partial charge on any atom is 0.435 e. The zero-order chi connectivity index (χ0) is 21.3. The highest BCUT2D eigenvalue weighted by molar-refractivity contribution is 6.35. The quantitative estimate of drug-likeness (QED) is 0.504. The minimum absolute atomic E-state index is 0.126. The lowest BCUT2D eigenvalue weighted by atomic mass is 9.83. The van der Waals surface area contributed by atoms with Crippen LogP contribution in [0.2, 0.25) is 10.0 Å². The van der Waals surface area contributed by atoms with Crippen LogP contribution in [0.5, 0.6) is 0 Å². The van der Waals surface area contributed by atoms with Gasteiger partial charge in [-0.2, -0.15) is 13.2 Å². The topological polar surface area (TPSA) is 42.8 Å². The number of rotatable bonds is 2. The van der Waals surface area contributed by atoms with Crippen LogP contribution in [0.25, 0.3) is 0 Å². The Kier molecular flexibility index (Phi) is 4.39. The third-order valence-corrected chi connectivity index (χ3v) is 6.45. The molecule has 10 heteroatoms. The molecule has 3 heterocycles. The first-order chi connectivity index (χ1) is 14.2. The van der Waals surface area contributed by atoms with Gasteiger partial charge in [-0.1, -0.05) is 40.5 Å². The van der Waals surface area contributed by atoms with Crippen LogP contribution < -0.4 is 5.32 Å². The van der Waals surface area contributed by atoms with Crippen LogP contribution >= 0.6 is 23.2 Å². The van der Waals surface area contributed by atoms with Crippen molar-refractivity contribution in [3.8, 4) is 0 Å². The Morgan fingerprint density at radius 2 is 1.77 bits per heavy atom. The fourth-order valence-corrected chi connectivity index (χ4v) is 4.58. The van der Waals surface area contributed by atoms with Crippen LogP contribution in [0, 0.1) is 5.82 Å². The molecule has 3 aliphatic rings. The lowest BCUT2D eigenvalue weighted by Crippen LogP contribution is -2.56. The summed E-state index contributed by atoms with van der Waals surface area (Å²) in [6.45, 7) is 1.75. The van der Waals surface area contributed by atoms with Crippen molar-refractivity contribution in [1.82, 2.24) is 5.32 Å². The van der Waals surface area contributed by atoms with Gasteiger partial charge in [0.1, 0.15) is 5.60 Å². The number of alkyl halides is 3. The van der Waals surface area contributed by atoms with E-state index in [1.165, 1.54) is 0 Å². The second kappa shape index (κ2) is 6.56. The largest absolute Gasteiger partial charge is 0.435 e. The van der Waals surface area contributed by atoms with Gasteiger partial charge in [-0.25, -0.2) is 4.39 Å². The van der Waals surface area contributed by atoms with E-state index < -0.39 is 45.2 Å². The Labute approximate surface area is 178 Å². The van der Waals surface area contributed by atoms with Gasteiger partial charge in [-0.15, -0.1) is 0 Å². The van der Waals surface area contributed by atoms with E-state index in [0.717, 1.165) is 23.3 Å². The molecule has 5 rings (SSSR count). The molecule has 1 saturated heterocycles. The minimum Gasteiger partial charge on any atom is -0.374 e. The van der Waals surface area contributed by atoms with E-state index in [4.69, 9.17) is 32.8 Å². The molecule has 0 aliphatic carbocycles. The molecule has 2 aromatic rings. The van der Waals surface area contributed by atoms with E-state index in [1.807, 2.05) is 12.1 Å². The van der Waals surface area contributed by atoms with Crippen molar-refractivity contribution in [2.24, 2.45) is 5.16 Å². The molecular formula is C20H14Cl2F4N2O2. The molecule has 158 valence electrons. The van der Waals surface area contributed by atoms with E-state index in [2.05, 4.69) is 10.5 Å². The number of nitrogens with zero attached hydrogens (tertiary/aromatic N) is 1. The zero-order valence-electron chi connectivity index (χ0n) is 15.2. The highest BCUT2D eigenvalue weighted by Gasteiger charge is 2.62. The van der Waals surface area contributed by atoms with E-state index in [1.54, 1.807) is 6.07 Å². The molecule has 3 aliphatic heterocycles. The highest BCUT2D eigenvalue weighted by atomic mass is 35.5. The summed E-state index contributed by atoms with van der Waals surface area (Å²) in [6, 6.07) is 7.09. The summed E-state index contributed by atoms with van der Waals surface area (Å²) in [4.78, 5) is 5.00. The normalized spacial score (nSPS) is 24.4. The van der Waals surface area contributed by atoms with Crippen molar-refractivity contribution in [2.75, 3.05) is 13.1 Å². The third kappa shape index (κ3) is 2.77. The van der Waals surface area contributed by atoms with E-state index >= 15 is 0 Å². The number of benzene rings is 2. The molecule has 30 heavy (non-hydrogen) atoms. The zero-order valence-corrected chi connectivity index (χ0v) is 16.8. The van der Waals surface area contributed by atoms with Crippen molar-refractivity contribution in [2.45, 2.75) is 30.4 Å². The standard InChI is InChI=1S/C20H14Cl2F4N2O2/c21-14-4-12(5-15(22)17(14)23)19(20(24,25)26)6-16(28-30-19)10-1-2-11-7-29-18(8-27-9-18)13(11)3-10/h1-5,27H,6-9H2. The molecule has 1 unspecified atom stereocenters. The Hall–Kier alpha value is -1.87. The van der Waals surface area contributed by atoms with Crippen LogP contribution in [-0.2, 0) is 27.4 Å². The molecule has 4 nitrogen and oxygen atoms in total. The average Bonchev–Trinajstić information content (AvgIpc) is 3.27. The van der Waals surface area contributed by atoms with Gasteiger partial charge >= 0.3 is 6.18 Å². The van der Waals surface area contributed by atoms with E-state index in [9.17, 15) is 17.6 Å². The molecule has 2 aromatic carbocycles. The Balaban J connectivity index is 1.53. The number of oxime groups is 1. The molecule has 1 spiro atoms. The van der Waals surface area contributed by atoms with Gasteiger partial charge in [0.25, 0.3) is 5.60 Å². The average molecular weight is 461 g/mol. The van der Waals surface area contributed by atoms with Crippen molar-refractivity contribution < 1.29 is 27.1 Å². The first kappa shape index (κ1) is 20.1. The van der Waals surface area contributed by atoms with Crippen molar-refractivity contribution >= 4 is 28.9 Å². The van der Waals surface area contributed by atoms with Crippen molar-refractivity contribution in [3.63, 3.8) is 0 Å². The summed E-state index contributed by atoms with van der Waals surface area (Å²) < 4.78 is 62.1. The maximum absolute atomic E-state index is 14.2. The SMILES string of the molecule is Fc1c(Cl)cc(C2(C(F)(F)F)CC(c3ccc4c(c3)C3(CNC3)OC4)=NO2)cc1Cl. The molecule has 1 fully saturated rings. The van der Waals surface area contributed by atoms with Gasteiger partial charge in [0.05, 0.1) is 22.4 Å². The fraction of sp³-hybridized carbons (Fsp3) is 0.350. The predicted molar refractivity (Wildman–Crippen MR) is 102 cm³/mol. The molecule has 0 saturated carbocycles. The molecule has 0 radical (unpaired) electrons. The molecule has 0 bridgehead atoms. The van der Waals surface area contributed by atoms with Crippen LogP contribution in [-0.4, -0.2) is 25.0 Å². The van der Waals surface area contributed by atoms with Gasteiger partial charge in [-0.3, -0.25) is 0 Å². The van der Waals surface area contributed by atoms with Gasteiger partial charge in [0, 0.05) is 25.1 Å².